The summed E-state index contributed by atoms with van der Waals surface area (Å²) in [6, 6.07) is 17.9. The fraction of sp³-hybridized carbons (Fsp3) is 0.355. The number of hydrogen-bond acceptors (Lipinski definition) is 4. The van der Waals surface area contributed by atoms with Crippen LogP contribution in [0.4, 0.5) is 8.78 Å². The number of benzene rings is 3. The number of unbranched alkanes of at least 4 members (excludes halogenated alkanes) is 1. The Morgan fingerprint density at radius 3 is 2.38 bits per heavy atom. The molecule has 208 valence electrons. The zero-order valence-corrected chi connectivity index (χ0v) is 24.9. The third-order valence-corrected chi connectivity index (χ3v) is 9.15. The summed E-state index contributed by atoms with van der Waals surface area (Å²) in [6.07, 6.45) is 4.12. The Balaban J connectivity index is 1.69. The van der Waals surface area contributed by atoms with Crippen molar-refractivity contribution < 1.29 is 13.5 Å². The van der Waals surface area contributed by atoms with Crippen molar-refractivity contribution in [2.24, 2.45) is 0 Å². The average molecular weight is 592 g/mol. The van der Waals surface area contributed by atoms with E-state index >= 15 is 0 Å². The van der Waals surface area contributed by atoms with E-state index in [1.54, 1.807) is 6.07 Å². The summed E-state index contributed by atoms with van der Waals surface area (Å²) >= 11 is 14.8. The van der Waals surface area contributed by atoms with Gasteiger partial charge in [0.1, 0.15) is 5.75 Å². The molecular formula is C31H34Cl2F2N2OS. The molecule has 4 aromatic rings. The van der Waals surface area contributed by atoms with Gasteiger partial charge in [-0.1, -0.05) is 79.5 Å². The molecule has 39 heavy (non-hydrogen) atoms. The van der Waals surface area contributed by atoms with E-state index in [9.17, 15) is 8.78 Å². The van der Waals surface area contributed by atoms with Crippen molar-refractivity contribution in [2.45, 2.75) is 46.8 Å². The van der Waals surface area contributed by atoms with Crippen molar-refractivity contribution in [3.05, 3.63) is 81.2 Å². The highest BCUT2D eigenvalue weighted by Gasteiger charge is 2.24. The lowest BCUT2D eigenvalue weighted by Crippen LogP contribution is -2.26. The first-order chi connectivity index (χ1) is 18.9. The topological polar surface area (TPSA) is 15.7 Å². The summed E-state index contributed by atoms with van der Waals surface area (Å²) in [7, 11) is 0. The van der Waals surface area contributed by atoms with Crippen molar-refractivity contribution in [2.75, 3.05) is 26.2 Å². The predicted molar refractivity (Wildman–Crippen MR) is 164 cm³/mol. The zero-order chi connectivity index (χ0) is 27.9. The van der Waals surface area contributed by atoms with E-state index in [4.69, 9.17) is 27.9 Å². The van der Waals surface area contributed by atoms with Crippen LogP contribution >= 0.6 is 34.5 Å². The number of hydrogen-bond donors (Lipinski definition) is 0. The smallest absolute Gasteiger partial charge is 0.387 e. The van der Waals surface area contributed by atoms with Crippen molar-refractivity contribution >= 4 is 61.1 Å². The van der Waals surface area contributed by atoms with Crippen molar-refractivity contribution in [1.82, 2.24) is 9.80 Å². The Labute approximate surface area is 243 Å². The van der Waals surface area contributed by atoms with Gasteiger partial charge >= 0.3 is 6.61 Å². The second kappa shape index (κ2) is 13.8. The number of fused-ring (bicyclic) bond motifs is 2. The van der Waals surface area contributed by atoms with Crippen LogP contribution < -0.4 is 4.74 Å². The van der Waals surface area contributed by atoms with E-state index in [1.165, 1.54) is 33.7 Å². The lowest BCUT2D eigenvalue weighted by Gasteiger charge is -2.28. The first kappa shape index (κ1) is 29.6. The third kappa shape index (κ3) is 7.04. The Kier molecular flexibility index (Phi) is 10.5. The molecule has 0 aliphatic rings. The highest BCUT2D eigenvalue weighted by molar-refractivity contribution is 7.21. The number of halogens is 4. The lowest BCUT2D eigenvalue weighted by atomic mass is 10.1. The van der Waals surface area contributed by atoms with E-state index in [2.05, 4.69) is 54.0 Å². The number of thiophene rings is 1. The van der Waals surface area contributed by atoms with Gasteiger partial charge in [-0.05, 0) is 73.9 Å². The molecule has 1 aromatic heterocycles. The number of rotatable bonds is 13. The second-order valence-electron chi connectivity index (χ2n) is 9.38. The number of alkyl halides is 2. The molecule has 0 unspecified atom stereocenters. The molecule has 0 N–H and O–H groups in total. The molecule has 0 spiro atoms. The predicted octanol–water partition coefficient (Wildman–Crippen LogP) is 9.95. The van der Waals surface area contributed by atoms with Crippen LogP contribution in [0.3, 0.4) is 0 Å². The van der Waals surface area contributed by atoms with E-state index in [-0.39, 0.29) is 5.75 Å². The van der Waals surface area contributed by atoms with Gasteiger partial charge in [-0.3, -0.25) is 0 Å². The summed E-state index contributed by atoms with van der Waals surface area (Å²) in [5.41, 5.74) is 2.14. The van der Waals surface area contributed by atoms with Gasteiger partial charge in [0.25, 0.3) is 0 Å². The Hall–Kier alpha value is -2.38. The minimum Gasteiger partial charge on any atom is -0.434 e. The molecule has 1 heterocycles. The number of nitrogens with zero attached hydrogens (tertiary/aromatic N) is 2. The van der Waals surface area contributed by atoms with E-state index < -0.39 is 6.61 Å². The molecule has 0 fully saturated rings. The fourth-order valence-electron chi connectivity index (χ4n) is 4.94. The molecule has 0 saturated heterocycles. The van der Waals surface area contributed by atoms with Crippen LogP contribution in [0.25, 0.3) is 26.6 Å². The number of ether oxygens (including phenoxy) is 1. The third-order valence-electron chi connectivity index (χ3n) is 6.99. The SMILES string of the molecule is C/C=C(/c1sc2c(Cl)ccc(OC(F)F)c2c1Cl)N(CCCCN(CC)CC)Cc1ccc2ccccc2c1. The molecule has 8 heteroatoms. The second-order valence-corrected chi connectivity index (χ2v) is 11.2. The van der Waals surface area contributed by atoms with Crippen LogP contribution in [-0.4, -0.2) is 42.6 Å². The largest absolute Gasteiger partial charge is 0.434 e. The molecule has 0 bridgehead atoms. The molecule has 3 nitrogen and oxygen atoms in total. The van der Waals surface area contributed by atoms with E-state index in [0.717, 1.165) is 49.6 Å². The fourth-order valence-corrected chi connectivity index (χ4v) is 6.89. The van der Waals surface area contributed by atoms with Crippen LogP contribution in [0.5, 0.6) is 5.75 Å². The summed E-state index contributed by atoms with van der Waals surface area (Å²) in [5.74, 6) is 0.0349. The lowest BCUT2D eigenvalue weighted by molar-refractivity contribution is -0.0487. The van der Waals surface area contributed by atoms with E-state index in [1.807, 2.05) is 25.1 Å². The maximum Gasteiger partial charge on any atom is 0.387 e. The minimum atomic E-state index is -2.95. The quantitative estimate of drug-likeness (QED) is 0.144. The maximum atomic E-state index is 13.2. The molecule has 0 aliphatic heterocycles. The van der Waals surface area contributed by atoms with Gasteiger partial charge in [-0.25, -0.2) is 0 Å². The average Bonchev–Trinajstić information content (AvgIpc) is 3.28. The molecule has 4 rings (SSSR count). The first-order valence-corrected chi connectivity index (χ1v) is 14.9. The molecular weight excluding hydrogens is 557 g/mol. The highest BCUT2D eigenvalue weighted by atomic mass is 35.5. The van der Waals surface area contributed by atoms with Gasteiger partial charge in [-0.2, -0.15) is 8.78 Å². The van der Waals surface area contributed by atoms with Crippen LogP contribution in [0, 0.1) is 0 Å². The molecule has 0 amide bonds. The van der Waals surface area contributed by atoms with Gasteiger partial charge < -0.3 is 14.5 Å². The standard InChI is InChI=1S/C31H34Cl2F2N2OS/c1-4-25(30-28(33)27-26(38-31(34)35)16-15-24(32)29(27)39-30)37(18-10-9-17-36(5-2)6-3)20-21-13-14-22-11-7-8-12-23(22)19-21/h4,7-8,11-16,19,31H,5-6,9-10,17-18,20H2,1-3H3/b25-4-. The molecule has 0 aliphatic carbocycles. The molecule has 0 saturated carbocycles. The first-order valence-electron chi connectivity index (χ1n) is 13.3. The normalized spacial score (nSPS) is 12.3. The number of allylic oxidation sites excluding steroid dienone is 1. The van der Waals surface area contributed by atoms with Crippen molar-refractivity contribution in [3.63, 3.8) is 0 Å². The summed E-state index contributed by atoms with van der Waals surface area (Å²) in [5, 5.41) is 3.66. The van der Waals surface area contributed by atoms with Gasteiger partial charge in [0.2, 0.25) is 0 Å². The maximum absolute atomic E-state index is 13.2. The van der Waals surface area contributed by atoms with Crippen LogP contribution in [0.2, 0.25) is 10.0 Å². The minimum absolute atomic E-state index is 0.0349. The van der Waals surface area contributed by atoms with Gasteiger partial charge in [-0.15, -0.1) is 11.3 Å². The summed E-state index contributed by atoms with van der Waals surface area (Å²) in [6.45, 7) is 8.05. The van der Waals surface area contributed by atoms with Crippen LogP contribution in [0.15, 0.2) is 60.7 Å². The Morgan fingerprint density at radius 1 is 0.974 bits per heavy atom. The summed E-state index contributed by atoms with van der Waals surface area (Å²) < 4.78 is 31.8. The highest BCUT2D eigenvalue weighted by Crippen LogP contribution is 2.47. The van der Waals surface area contributed by atoms with Crippen molar-refractivity contribution in [3.8, 4) is 5.75 Å². The molecule has 0 radical (unpaired) electrons. The molecule has 0 atom stereocenters. The monoisotopic (exact) mass is 590 g/mol. The van der Waals surface area contributed by atoms with E-state index in [0.29, 0.717) is 26.7 Å². The van der Waals surface area contributed by atoms with Gasteiger partial charge in [0, 0.05) is 13.1 Å². The Bertz CT molecular complexity index is 1440. The Morgan fingerprint density at radius 2 is 1.69 bits per heavy atom. The molecule has 3 aromatic carbocycles. The van der Waals surface area contributed by atoms with Crippen LogP contribution in [-0.2, 0) is 6.54 Å². The zero-order valence-electron chi connectivity index (χ0n) is 22.5. The van der Waals surface area contributed by atoms with Crippen LogP contribution in [0.1, 0.15) is 44.1 Å². The summed E-state index contributed by atoms with van der Waals surface area (Å²) in [4.78, 5) is 5.57. The van der Waals surface area contributed by atoms with Gasteiger partial charge in [0.05, 0.1) is 30.7 Å². The van der Waals surface area contributed by atoms with Gasteiger partial charge in [0.15, 0.2) is 0 Å². The van der Waals surface area contributed by atoms with Crippen molar-refractivity contribution in [1.29, 1.82) is 0 Å².